The van der Waals surface area contributed by atoms with E-state index in [-0.39, 0.29) is 17.5 Å². The summed E-state index contributed by atoms with van der Waals surface area (Å²) in [5.74, 6) is -0.791. The lowest BCUT2D eigenvalue weighted by Crippen LogP contribution is -2.24. The van der Waals surface area contributed by atoms with E-state index in [9.17, 15) is 9.18 Å². The molecule has 5 nitrogen and oxygen atoms in total. The molecule has 1 aliphatic heterocycles. The normalized spacial score (nSPS) is 15.6. The Morgan fingerprint density at radius 2 is 2.32 bits per heavy atom. The molecule has 1 aromatic carbocycles. The van der Waals surface area contributed by atoms with Gasteiger partial charge < -0.3 is 10.1 Å². The van der Waals surface area contributed by atoms with Crippen LogP contribution in [0.3, 0.4) is 0 Å². The SMILES string of the molecule is CC1(C)OCc2c(C(=O)NCc3ccc(F)c(Cl)c3)n[nH]c21. The molecule has 0 aliphatic carbocycles. The van der Waals surface area contributed by atoms with Crippen molar-refractivity contribution >= 4 is 17.5 Å². The Balaban J connectivity index is 1.72. The third-order valence-corrected chi connectivity index (χ3v) is 3.99. The molecule has 0 unspecified atom stereocenters. The maximum Gasteiger partial charge on any atom is 0.272 e. The number of halogens is 2. The number of rotatable bonds is 3. The van der Waals surface area contributed by atoms with Crippen molar-refractivity contribution in [1.82, 2.24) is 15.5 Å². The minimum absolute atomic E-state index is 0.0301. The lowest BCUT2D eigenvalue weighted by atomic mass is 10.0. The Hall–Kier alpha value is -1.92. The van der Waals surface area contributed by atoms with Gasteiger partial charge in [-0.1, -0.05) is 17.7 Å². The number of fused-ring (bicyclic) bond motifs is 1. The summed E-state index contributed by atoms with van der Waals surface area (Å²) < 4.78 is 18.7. The van der Waals surface area contributed by atoms with E-state index < -0.39 is 11.4 Å². The standard InChI is InChI=1S/C15H15ClFN3O2/c1-15(2)13-9(7-22-15)12(19-20-13)14(21)18-6-8-3-4-11(17)10(16)5-8/h3-5H,6-7H2,1-2H3,(H,18,21)(H,19,20). The van der Waals surface area contributed by atoms with E-state index in [1.807, 2.05) is 13.8 Å². The van der Waals surface area contributed by atoms with Gasteiger partial charge in [-0.25, -0.2) is 4.39 Å². The largest absolute Gasteiger partial charge is 0.364 e. The number of aromatic nitrogens is 2. The van der Waals surface area contributed by atoms with Crippen molar-refractivity contribution in [3.05, 3.63) is 51.6 Å². The highest BCUT2D eigenvalue weighted by atomic mass is 35.5. The third-order valence-electron chi connectivity index (χ3n) is 3.70. The molecule has 1 aromatic heterocycles. The molecular formula is C15H15ClFN3O2. The fourth-order valence-electron chi connectivity index (χ4n) is 2.43. The van der Waals surface area contributed by atoms with Gasteiger partial charge in [-0.3, -0.25) is 9.89 Å². The summed E-state index contributed by atoms with van der Waals surface area (Å²) in [7, 11) is 0. The van der Waals surface area contributed by atoms with Crippen LogP contribution in [0.1, 0.15) is 41.2 Å². The number of hydrogen-bond acceptors (Lipinski definition) is 3. The molecule has 0 atom stereocenters. The molecule has 3 rings (SSSR count). The maximum atomic E-state index is 13.1. The molecule has 0 fully saturated rings. The van der Waals surface area contributed by atoms with Crippen LogP contribution in [0.2, 0.25) is 5.02 Å². The summed E-state index contributed by atoms with van der Waals surface area (Å²) in [6.45, 7) is 4.42. The van der Waals surface area contributed by atoms with Gasteiger partial charge in [-0.15, -0.1) is 0 Å². The van der Waals surface area contributed by atoms with Crippen LogP contribution in [0.15, 0.2) is 18.2 Å². The van der Waals surface area contributed by atoms with Gasteiger partial charge in [0.2, 0.25) is 0 Å². The van der Waals surface area contributed by atoms with Crippen molar-refractivity contribution in [2.75, 3.05) is 0 Å². The number of carbonyl (C=O) groups is 1. The minimum Gasteiger partial charge on any atom is -0.364 e. The number of carbonyl (C=O) groups excluding carboxylic acids is 1. The molecule has 7 heteroatoms. The smallest absolute Gasteiger partial charge is 0.272 e. The number of nitrogens with one attached hydrogen (secondary N) is 2. The molecule has 0 bridgehead atoms. The number of H-pyrrole nitrogens is 1. The summed E-state index contributed by atoms with van der Waals surface area (Å²) >= 11 is 5.72. The molecule has 0 saturated carbocycles. The second-order valence-corrected chi connectivity index (χ2v) is 6.06. The molecule has 116 valence electrons. The quantitative estimate of drug-likeness (QED) is 0.912. The molecule has 2 aromatic rings. The van der Waals surface area contributed by atoms with Gasteiger partial charge in [-0.05, 0) is 31.5 Å². The maximum absolute atomic E-state index is 13.1. The van der Waals surface area contributed by atoms with Crippen LogP contribution in [-0.2, 0) is 23.5 Å². The number of ether oxygens (including phenoxy) is 1. The Labute approximate surface area is 131 Å². The number of benzene rings is 1. The zero-order chi connectivity index (χ0) is 15.9. The zero-order valence-electron chi connectivity index (χ0n) is 12.2. The highest BCUT2D eigenvalue weighted by molar-refractivity contribution is 6.30. The second-order valence-electron chi connectivity index (χ2n) is 5.66. The Morgan fingerprint density at radius 1 is 1.55 bits per heavy atom. The predicted octanol–water partition coefficient (Wildman–Crippen LogP) is 2.90. The van der Waals surface area contributed by atoms with E-state index in [0.29, 0.717) is 17.9 Å². The van der Waals surface area contributed by atoms with E-state index in [1.54, 1.807) is 6.07 Å². The fraction of sp³-hybridized carbons (Fsp3) is 0.333. The second kappa shape index (κ2) is 5.37. The minimum atomic E-state index is -0.485. The number of hydrogen-bond donors (Lipinski definition) is 2. The molecule has 0 radical (unpaired) electrons. The Kier molecular flexibility index (Phi) is 3.66. The van der Waals surface area contributed by atoms with E-state index in [0.717, 1.165) is 11.3 Å². The summed E-state index contributed by atoms with van der Waals surface area (Å²) in [6.07, 6.45) is 0. The van der Waals surface area contributed by atoms with Crippen LogP contribution in [0.4, 0.5) is 4.39 Å². The van der Waals surface area contributed by atoms with Crippen LogP contribution < -0.4 is 5.32 Å². The highest BCUT2D eigenvalue weighted by Crippen LogP contribution is 2.35. The highest BCUT2D eigenvalue weighted by Gasteiger charge is 2.36. The molecule has 2 N–H and O–H groups in total. The topological polar surface area (TPSA) is 67.0 Å². The molecule has 0 spiro atoms. The first-order valence-electron chi connectivity index (χ1n) is 6.82. The van der Waals surface area contributed by atoms with E-state index >= 15 is 0 Å². The first-order chi connectivity index (χ1) is 10.4. The van der Waals surface area contributed by atoms with Crippen molar-refractivity contribution in [2.45, 2.75) is 32.6 Å². The van der Waals surface area contributed by atoms with Gasteiger partial charge in [0.05, 0.1) is 17.3 Å². The first-order valence-corrected chi connectivity index (χ1v) is 7.20. The van der Waals surface area contributed by atoms with Gasteiger partial charge >= 0.3 is 0 Å². The van der Waals surface area contributed by atoms with Crippen LogP contribution in [0.5, 0.6) is 0 Å². The van der Waals surface area contributed by atoms with Crippen LogP contribution in [0.25, 0.3) is 0 Å². The van der Waals surface area contributed by atoms with E-state index in [2.05, 4.69) is 15.5 Å². The number of nitrogens with zero attached hydrogens (tertiary/aromatic N) is 1. The van der Waals surface area contributed by atoms with Gasteiger partial charge in [0.1, 0.15) is 11.4 Å². The number of amides is 1. The van der Waals surface area contributed by atoms with Crippen LogP contribution in [0, 0.1) is 5.82 Å². The van der Waals surface area contributed by atoms with Gasteiger partial charge in [-0.2, -0.15) is 5.10 Å². The van der Waals surface area contributed by atoms with Gasteiger partial charge in [0.25, 0.3) is 5.91 Å². The predicted molar refractivity (Wildman–Crippen MR) is 79.0 cm³/mol. The zero-order valence-corrected chi connectivity index (χ0v) is 12.9. The molecule has 1 amide bonds. The Bertz CT molecular complexity index is 742. The Morgan fingerprint density at radius 3 is 3.05 bits per heavy atom. The summed E-state index contributed by atoms with van der Waals surface area (Å²) in [5.41, 5.74) is 2.17. The van der Waals surface area contributed by atoms with Crippen LogP contribution >= 0.6 is 11.6 Å². The first kappa shape index (κ1) is 15.0. The monoisotopic (exact) mass is 323 g/mol. The lowest BCUT2D eigenvalue weighted by Gasteiger charge is -2.15. The molecule has 22 heavy (non-hydrogen) atoms. The molecule has 0 saturated heterocycles. The molecule has 2 heterocycles. The number of aromatic amines is 1. The van der Waals surface area contributed by atoms with Crippen molar-refractivity contribution in [2.24, 2.45) is 0 Å². The summed E-state index contributed by atoms with van der Waals surface area (Å²) in [4.78, 5) is 12.2. The van der Waals surface area contributed by atoms with Gasteiger partial charge in [0, 0.05) is 12.1 Å². The van der Waals surface area contributed by atoms with Crippen molar-refractivity contribution in [1.29, 1.82) is 0 Å². The molecule has 1 aliphatic rings. The van der Waals surface area contributed by atoms with E-state index in [4.69, 9.17) is 16.3 Å². The summed E-state index contributed by atoms with van der Waals surface area (Å²) in [5, 5.41) is 9.72. The van der Waals surface area contributed by atoms with E-state index in [1.165, 1.54) is 12.1 Å². The summed E-state index contributed by atoms with van der Waals surface area (Å²) in [6, 6.07) is 4.33. The average molecular weight is 324 g/mol. The van der Waals surface area contributed by atoms with Crippen LogP contribution in [-0.4, -0.2) is 16.1 Å². The van der Waals surface area contributed by atoms with Crippen molar-refractivity contribution < 1.29 is 13.9 Å². The average Bonchev–Trinajstić information content (AvgIpc) is 3.02. The van der Waals surface area contributed by atoms with Gasteiger partial charge in [0.15, 0.2) is 5.69 Å². The fourth-order valence-corrected chi connectivity index (χ4v) is 2.64. The lowest BCUT2D eigenvalue weighted by molar-refractivity contribution is -0.0114. The van der Waals surface area contributed by atoms with Crippen molar-refractivity contribution in [3.63, 3.8) is 0 Å². The molecular weight excluding hydrogens is 309 g/mol. The third kappa shape index (κ3) is 2.60. The van der Waals surface area contributed by atoms with Crippen molar-refractivity contribution in [3.8, 4) is 0 Å².